The summed E-state index contributed by atoms with van der Waals surface area (Å²) in [5.74, 6) is 0.473. The average Bonchev–Trinajstić information content (AvgIpc) is 3.43. The van der Waals surface area contributed by atoms with Crippen LogP contribution in [0.25, 0.3) is 22.2 Å². The smallest absolute Gasteiger partial charge is 0.417 e. The number of nitrogens with zero attached hydrogens (tertiary/aromatic N) is 1. The first-order valence-electron chi connectivity index (χ1n) is 14.8. The summed E-state index contributed by atoms with van der Waals surface area (Å²) >= 11 is 0. The first-order valence-corrected chi connectivity index (χ1v) is 14.8. The van der Waals surface area contributed by atoms with Crippen molar-refractivity contribution in [3.8, 4) is 17.0 Å². The molecule has 0 radical (unpaired) electrons. The Balaban J connectivity index is 1.68. The molecule has 0 amide bonds. The highest BCUT2D eigenvalue weighted by atomic mass is 19.4. The minimum absolute atomic E-state index is 0.00260. The topological polar surface area (TPSA) is 40.5 Å². The molecule has 1 aromatic heterocycles. The third-order valence-corrected chi connectivity index (χ3v) is 7.96. The maximum absolute atomic E-state index is 14.4. The Morgan fingerprint density at radius 1 is 1.07 bits per heavy atom. The lowest BCUT2D eigenvalue weighted by Crippen LogP contribution is -2.28. The zero-order valence-electron chi connectivity index (χ0n) is 24.8. The largest absolute Gasteiger partial charge is 0.490 e. The van der Waals surface area contributed by atoms with Gasteiger partial charge in [0.25, 0.3) is 0 Å². The van der Waals surface area contributed by atoms with Crippen LogP contribution in [0.5, 0.6) is 5.75 Å². The predicted molar refractivity (Wildman–Crippen MR) is 158 cm³/mol. The summed E-state index contributed by atoms with van der Waals surface area (Å²) in [7, 11) is 0. The Morgan fingerprint density at radius 2 is 1.80 bits per heavy atom. The lowest BCUT2D eigenvalue weighted by molar-refractivity contribution is -0.146. The van der Waals surface area contributed by atoms with Gasteiger partial charge in [0, 0.05) is 40.7 Å². The Kier molecular flexibility index (Phi) is 9.55. The van der Waals surface area contributed by atoms with E-state index >= 15 is 0 Å². The minimum atomic E-state index is -4.47. The normalized spacial score (nSPS) is 19.2. The molecule has 0 aliphatic heterocycles. The molecule has 3 atom stereocenters. The van der Waals surface area contributed by atoms with Crippen molar-refractivity contribution in [1.29, 1.82) is 0 Å². The summed E-state index contributed by atoms with van der Waals surface area (Å²) in [6.45, 7) is 14.1. The number of aromatic nitrogens is 1. The van der Waals surface area contributed by atoms with Crippen molar-refractivity contribution in [2.45, 2.75) is 98.1 Å². The molecule has 1 saturated carbocycles. The number of alkyl halides is 3. The van der Waals surface area contributed by atoms with Gasteiger partial charge in [-0.25, -0.2) is 4.79 Å². The lowest BCUT2D eigenvalue weighted by Gasteiger charge is -2.22. The van der Waals surface area contributed by atoms with Crippen molar-refractivity contribution in [3.63, 3.8) is 0 Å². The molecule has 3 unspecified atom stereocenters. The van der Waals surface area contributed by atoms with Crippen LogP contribution >= 0.6 is 0 Å². The van der Waals surface area contributed by atoms with Gasteiger partial charge in [-0.2, -0.15) is 13.2 Å². The van der Waals surface area contributed by atoms with Crippen molar-refractivity contribution in [2.24, 2.45) is 11.8 Å². The van der Waals surface area contributed by atoms with Crippen LogP contribution in [0.3, 0.4) is 0 Å². The Morgan fingerprint density at radius 3 is 2.46 bits per heavy atom. The highest BCUT2D eigenvalue weighted by Crippen LogP contribution is 2.41. The van der Waals surface area contributed by atoms with E-state index in [2.05, 4.69) is 27.4 Å². The van der Waals surface area contributed by atoms with E-state index in [0.29, 0.717) is 36.4 Å². The Labute approximate surface area is 241 Å². The number of unbranched alkanes of at least 4 members (excludes halogenated alkanes) is 2. The molecule has 1 aliphatic rings. The number of halogens is 3. The first kappa shape index (κ1) is 30.7. The van der Waals surface area contributed by atoms with Crippen LogP contribution in [0.1, 0.15) is 77.8 Å². The van der Waals surface area contributed by atoms with Gasteiger partial charge in [-0.3, -0.25) is 0 Å². The molecule has 2 aromatic carbocycles. The van der Waals surface area contributed by atoms with Gasteiger partial charge >= 0.3 is 12.1 Å². The quantitative estimate of drug-likeness (QED) is 0.131. The molecule has 4 nitrogen and oxygen atoms in total. The third kappa shape index (κ3) is 7.17. The van der Waals surface area contributed by atoms with E-state index in [1.54, 1.807) is 13.0 Å². The second kappa shape index (κ2) is 12.7. The van der Waals surface area contributed by atoms with E-state index in [9.17, 15) is 18.0 Å². The van der Waals surface area contributed by atoms with Crippen LogP contribution in [0.2, 0.25) is 0 Å². The zero-order valence-corrected chi connectivity index (χ0v) is 24.8. The highest BCUT2D eigenvalue weighted by molar-refractivity contribution is 5.89. The van der Waals surface area contributed by atoms with Crippen molar-refractivity contribution in [2.75, 3.05) is 0 Å². The van der Waals surface area contributed by atoms with Gasteiger partial charge in [0.15, 0.2) is 0 Å². The predicted octanol–water partition coefficient (Wildman–Crippen LogP) is 9.38. The molecule has 1 fully saturated rings. The van der Waals surface area contributed by atoms with Crippen molar-refractivity contribution in [1.82, 2.24) is 4.57 Å². The summed E-state index contributed by atoms with van der Waals surface area (Å²) in [5.41, 5.74) is 2.08. The number of hydrogen-bond acceptors (Lipinski definition) is 3. The first-order chi connectivity index (χ1) is 19.4. The number of carbonyl (C=O) groups is 1. The molecule has 0 saturated heterocycles. The number of benzene rings is 2. The van der Waals surface area contributed by atoms with E-state index in [4.69, 9.17) is 9.47 Å². The van der Waals surface area contributed by atoms with Crippen molar-refractivity contribution in [3.05, 3.63) is 65.7 Å². The number of fused-ring (bicyclic) bond motifs is 1. The summed E-state index contributed by atoms with van der Waals surface area (Å²) in [5, 5.41) is 0.862. The van der Waals surface area contributed by atoms with Crippen molar-refractivity contribution >= 4 is 16.9 Å². The van der Waals surface area contributed by atoms with E-state index in [-0.39, 0.29) is 29.6 Å². The molecule has 41 heavy (non-hydrogen) atoms. The zero-order chi connectivity index (χ0) is 29.9. The maximum Gasteiger partial charge on any atom is 0.417 e. The van der Waals surface area contributed by atoms with E-state index in [1.807, 2.05) is 41.8 Å². The van der Waals surface area contributed by atoms with Gasteiger partial charge in [0.2, 0.25) is 0 Å². The van der Waals surface area contributed by atoms with Gasteiger partial charge in [0.05, 0.1) is 11.1 Å². The second-order valence-corrected chi connectivity index (χ2v) is 11.9. The number of rotatable bonds is 11. The van der Waals surface area contributed by atoms with Crippen LogP contribution in [-0.4, -0.2) is 22.7 Å². The molecule has 222 valence electrons. The lowest BCUT2D eigenvalue weighted by atomic mass is 9.97. The van der Waals surface area contributed by atoms with Crippen LogP contribution in [0.15, 0.2) is 54.6 Å². The molecule has 0 spiro atoms. The third-order valence-electron chi connectivity index (χ3n) is 7.96. The number of hydrogen-bond donors (Lipinski definition) is 0. The van der Waals surface area contributed by atoms with Crippen LogP contribution in [-0.2, 0) is 28.7 Å². The summed E-state index contributed by atoms with van der Waals surface area (Å²) in [4.78, 5) is 12.0. The fourth-order valence-electron chi connectivity index (χ4n) is 5.72. The van der Waals surface area contributed by atoms with Gasteiger partial charge in [-0.1, -0.05) is 59.2 Å². The average molecular weight is 570 g/mol. The van der Waals surface area contributed by atoms with Crippen LogP contribution < -0.4 is 4.74 Å². The highest BCUT2D eigenvalue weighted by Gasteiger charge is 2.37. The van der Waals surface area contributed by atoms with Crippen LogP contribution in [0, 0.1) is 11.8 Å². The monoisotopic (exact) mass is 569 g/mol. The molecule has 1 heterocycles. The maximum atomic E-state index is 14.4. The van der Waals surface area contributed by atoms with Gasteiger partial charge < -0.3 is 14.0 Å². The van der Waals surface area contributed by atoms with E-state index in [0.717, 1.165) is 42.1 Å². The number of aryl methyl sites for hydroxylation is 1. The summed E-state index contributed by atoms with van der Waals surface area (Å²) in [6.07, 6.45) is 0.132. The second-order valence-electron chi connectivity index (χ2n) is 11.9. The molecule has 4 rings (SSSR count). The van der Waals surface area contributed by atoms with Gasteiger partial charge in [0.1, 0.15) is 18.0 Å². The number of carbonyl (C=O) groups excluding carboxylic acids is 1. The standard InChI is InChI=1S/C34H42F3NO3/c1-7-8-9-10-24-11-14-27(28(17-24)34(35,36)37)30-18-25-12-13-26(19-29(25)38(30)20-21(2)3)40-31-15-16-32(23(31)6)41-33(39)22(4)5/h11-14,17-19,21,23,31-32H,4,7-10,15-16,20H2,1-3,5-6H3. The fraction of sp³-hybridized carbons (Fsp3) is 0.500. The van der Waals surface area contributed by atoms with Crippen molar-refractivity contribution < 1.29 is 27.4 Å². The molecule has 3 aromatic rings. The molecular weight excluding hydrogens is 527 g/mol. The minimum Gasteiger partial charge on any atom is -0.490 e. The summed E-state index contributed by atoms with van der Waals surface area (Å²) < 4.78 is 57.1. The van der Waals surface area contributed by atoms with E-state index in [1.165, 1.54) is 6.07 Å². The molecule has 1 aliphatic carbocycles. The molecule has 0 N–H and O–H groups in total. The Hall–Kier alpha value is -3.22. The van der Waals surface area contributed by atoms with Gasteiger partial charge in [-0.15, -0.1) is 0 Å². The van der Waals surface area contributed by atoms with Gasteiger partial charge in [-0.05, 0) is 68.4 Å². The Bertz CT molecular complexity index is 1390. The summed E-state index contributed by atoms with van der Waals surface area (Å²) in [6, 6.07) is 12.4. The SMILES string of the molecule is C=C(C)C(=O)OC1CCC(Oc2ccc3cc(-c4ccc(CCCCC)cc4C(F)(F)F)n(CC(C)C)c3c2)C1C. The molecule has 0 bridgehead atoms. The number of ether oxygens (including phenoxy) is 2. The molecular formula is C34H42F3NO3. The van der Waals surface area contributed by atoms with E-state index < -0.39 is 17.7 Å². The number of esters is 1. The fourth-order valence-corrected chi connectivity index (χ4v) is 5.72. The van der Waals surface area contributed by atoms with Crippen LogP contribution in [0.4, 0.5) is 13.2 Å². The molecule has 7 heteroatoms.